The maximum absolute atomic E-state index is 12.5. The maximum atomic E-state index is 12.5. The number of aromatic nitrogens is 1. The summed E-state index contributed by atoms with van der Waals surface area (Å²) >= 11 is 6.15. The summed E-state index contributed by atoms with van der Waals surface area (Å²) in [4.78, 5) is 18.3. The van der Waals surface area contributed by atoms with Gasteiger partial charge in [0.05, 0.1) is 0 Å². The summed E-state index contributed by atoms with van der Waals surface area (Å²) in [6.07, 6.45) is 3.88. The van der Waals surface area contributed by atoms with Crippen LogP contribution in [-0.2, 0) is 17.9 Å². The standard InChI is InChI=1S/C23H26ClN3O/c1-16-2-4-17(5-3-16)13-26-23(28)18-8-10-27(11-9-18)15-19-14-25-22-7-6-20(24)12-21(19)22/h2-7,12,14,18,25H,8-11,13,15H2,1H3,(H,26,28). The van der Waals surface area contributed by atoms with Crippen molar-refractivity contribution in [3.05, 3.63) is 70.4 Å². The lowest BCUT2D eigenvalue weighted by Gasteiger charge is -2.31. The summed E-state index contributed by atoms with van der Waals surface area (Å²) < 4.78 is 0. The van der Waals surface area contributed by atoms with E-state index in [2.05, 4.69) is 52.6 Å². The van der Waals surface area contributed by atoms with Gasteiger partial charge in [0.1, 0.15) is 0 Å². The van der Waals surface area contributed by atoms with Crippen LogP contribution in [-0.4, -0.2) is 28.9 Å². The quantitative estimate of drug-likeness (QED) is 0.660. The summed E-state index contributed by atoms with van der Waals surface area (Å²) in [5, 5.41) is 5.05. The summed E-state index contributed by atoms with van der Waals surface area (Å²) in [5.74, 6) is 0.290. The molecule has 0 saturated carbocycles. The van der Waals surface area contributed by atoms with E-state index in [1.165, 1.54) is 16.5 Å². The van der Waals surface area contributed by atoms with E-state index in [-0.39, 0.29) is 11.8 Å². The van der Waals surface area contributed by atoms with Crippen molar-refractivity contribution < 1.29 is 4.79 Å². The molecule has 1 aromatic heterocycles. The third-order valence-electron chi connectivity index (χ3n) is 5.67. The Labute approximate surface area is 170 Å². The minimum absolute atomic E-state index is 0.110. The number of hydrogen-bond acceptors (Lipinski definition) is 2. The highest BCUT2D eigenvalue weighted by Crippen LogP contribution is 2.25. The molecule has 146 valence electrons. The molecule has 0 bridgehead atoms. The van der Waals surface area contributed by atoms with Gasteiger partial charge in [0.25, 0.3) is 0 Å². The number of rotatable bonds is 5. The van der Waals surface area contributed by atoms with Crippen LogP contribution in [0.2, 0.25) is 5.02 Å². The van der Waals surface area contributed by atoms with Gasteiger partial charge < -0.3 is 10.3 Å². The average molecular weight is 396 g/mol. The average Bonchev–Trinajstić information content (AvgIpc) is 3.10. The van der Waals surface area contributed by atoms with E-state index in [0.717, 1.165) is 48.6 Å². The Balaban J connectivity index is 1.28. The molecule has 1 aliphatic rings. The number of amides is 1. The summed E-state index contributed by atoms with van der Waals surface area (Å²) in [7, 11) is 0. The molecule has 3 aromatic rings. The van der Waals surface area contributed by atoms with Crippen LogP contribution in [0.25, 0.3) is 10.9 Å². The number of hydrogen-bond donors (Lipinski definition) is 2. The first-order valence-corrected chi connectivity index (χ1v) is 10.3. The third-order valence-corrected chi connectivity index (χ3v) is 5.90. The molecular formula is C23H26ClN3O. The molecule has 2 N–H and O–H groups in total. The fourth-order valence-corrected chi connectivity index (χ4v) is 4.09. The monoisotopic (exact) mass is 395 g/mol. The molecule has 0 radical (unpaired) electrons. The van der Waals surface area contributed by atoms with Gasteiger partial charge >= 0.3 is 0 Å². The molecule has 0 atom stereocenters. The van der Waals surface area contributed by atoms with E-state index in [1.807, 2.05) is 18.2 Å². The number of nitrogens with zero attached hydrogens (tertiary/aromatic N) is 1. The second kappa shape index (κ2) is 8.38. The van der Waals surface area contributed by atoms with Crippen LogP contribution in [0.4, 0.5) is 0 Å². The molecule has 5 heteroatoms. The van der Waals surface area contributed by atoms with Crippen molar-refractivity contribution in [1.29, 1.82) is 0 Å². The second-order valence-electron chi connectivity index (χ2n) is 7.76. The number of likely N-dealkylation sites (tertiary alicyclic amines) is 1. The van der Waals surface area contributed by atoms with E-state index in [9.17, 15) is 4.79 Å². The fourth-order valence-electron chi connectivity index (χ4n) is 3.92. The first kappa shape index (κ1) is 19.0. The number of aryl methyl sites for hydroxylation is 1. The zero-order valence-electron chi connectivity index (χ0n) is 16.2. The largest absolute Gasteiger partial charge is 0.361 e. The van der Waals surface area contributed by atoms with Gasteiger partial charge in [-0.25, -0.2) is 0 Å². The zero-order chi connectivity index (χ0) is 19.5. The van der Waals surface area contributed by atoms with Crippen molar-refractivity contribution in [1.82, 2.24) is 15.2 Å². The molecule has 1 aliphatic heterocycles. The number of carbonyl (C=O) groups excluding carboxylic acids is 1. The molecule has 1 fully saturated rings. The van der Waals surface area contributed by atoms with Gasteiger partial charge in [0.2, 0.25) is 5.91 Å². The van der Waals surface area contributed by atoms with Crippen LogP contribution in [0, 0.1) is 12.8 Å². The fraction of sp³-hybridized carbons (Fsp3) is 0.348. The third kappa shape index (κ3) is 4.40. The maximum Gasteiger partial charge on any atom is 0.223 e. The highest BCUT2D eigenvalue weighted by atomic mass is 35.5. The van der Waals surface area contributed by atoms with Crippen LogP contribution in [0.5, 0.6) is 0 Å². The minimum Gasteiger partial charge on any atom is -0.361 e. The Morgan fingerprint density at radius 1 is 1.18 bits per heavy atom. The zero-order valence-corrected chi connectivity index (χ0v) is 16.9. The van der Waals surface area contributed by atoms with Gasteiger partial charge in [-0.1, -0.05) is 41.4 Å². The van der Waals surface area contributed by atoms with Crippen LogP contribution in [0.3, 0.4) is 0 Å². The first-order valence-electron chi connectivity index (χ1n) is 9.89. The molecule has 0 spiro atoms. The van der Waals surface area contributed by atoms with E-state index >= 15 is 0 Å². The van der Waals surface area contributed by atoms with E-state index in [0.29, 0.717) is 6.54 Å². The van der Waals surface area contributed by atoms with Crippen molar-refractivity contribution in [3.8, 4) is 0 Å². The first-order chi connectivity index (χ1) is 13.6. The molecule has 4 nitrogen and oxygen atoms in total. The predicted molar refractivity (Wildman–Crippen MR) is 114 cm³/mol. The van der Waals surface area contributed by atoms with Crippen LogP contribution < -0.4 is 5.32 Å². The van der Waals surface area contributed by atoms with Gasteiger partial charge in [0, 0.05) is 41.1 Å². The molecule has 1 amide bonds. The smallest absolute Gasteiger partial charge is 0.223 e. The van der Waals surface area contributed by atoms with Gasteiger partial charge in [-0.2, -0.15) is 0 Å². The lowest BCUT2D eigenvalue weighted by Crippen LogP contribution is -2.40. The van der Waals surface area contributed by atoms with Crippen molar-refractivity contribution in [3.63, 3.8) is 0 Å². The molecular weight excluding hydrogens is 370 g/mol. The van der Waals surface area contributed by atoms with Crippen LogP contribution >= 0.6 is 11.6 Å². The van der Waals surface area contributed by atoms with Crippen molar-refractivity contribution >= 4 is 28.4 Å². The SMILES string of the molecule is Cc1ccc(CNC(=O)C2CCN(Cc3c[nH]c4ccc(Cl)cc34)CC2)cc1. The van der Waals surface area contributed by atoms with Crippen LogP contribution in [0.15, 0.2) is 48.7 Å². The normalized spacial score (nSPS) is 15.8. The number of nitrogens with one attached hydrogen (secondary N) is 2. The number of benzene rings is 2. The van der Waals surface area contributed by atoms with Gasteiger partial charge in [-0.3, -0.25) is 9.69 Å². The van der Waals surface area contributed by atoms with Crippen molar-refractivity contribution in [2.45, 2.75) is 32.9 Å². The molecule has 4 rings (SSSR count). The summed E-state index contributed by atoms with van der Waals surface area (Å²) in [6.45, 7) is 5.44. The highest BCUT2D eigenvalue weighted by molar-refractivity contribution is 6.31. The lowest BCUT2D eigenvalue weighted by atomic mass is 9.95. The second-order valence-corrected chi connectivity index (χ2v) is 8.19. The molecule has 2 heterocycles. The van der Waals surface area contributed by atoms with Gasteiger partial charge in [0.15, 0.2) is 0 Å². The van der Waals surface area contributed by atoms with E-state index < -0.39 is 0 Å². The van der Waals surface area contributed by atoms with Crippen molar-refractivity contribution in [2.24, 2.45) is 5.92 Å². The highest BCUT2D eigenvalue weighted by Gasteiger charge is 2.25. The Hall–Kier alpha value is -2.30. The Bertz CT molecular complexity index is 956. The van der Waals surface area contributed by atoms with Gasteiger partial charge in [-0.05, 0) is 62.2 Å². The Morgan fingerprint density at radius 3 is 2.68 bits per heavy atom. The lowest BCUT2D eigenvalue weighted by molar-refractivity contribution is -0.126. The number of aromatic amines is 1. The van der Waals surface area contributed by atoms with Crippen LogP contribution in [0.1, 0.15) is 29.5 Å². The number of fused-ring (bicyclic) bond motifs is 1. The predicted octanol–water partition coefficient (Wildman–Crippen LogP) is 4.66. The molecule has 28 heavy (non-hydrogen) atoms. The number of H-pyrrole nitrogens is 1. The van der Waals surface area contributed by atoms with E-state index in [1.54, 1.807) is 0 Å². The molecule has 1 saturated heterocycles. The molecule has 0 aliphatic carbocycles. The Kier molecular flexibility index (Phi) is 5.69. The summed E-state index contributed by atoms with van der Waals surface area (Å²) in [5.41, 5.74) is 4.76. The molecule has 2 aromatic carbocycles. The topological polar surface area (TPSA) is 48.1 Å². The van der Waals surface area contributed by atoms with Gasteiger partial charge in [-0.15, -0.1) is 0 Å². The summed E-state index contributed by atoms with van der Waals surface area (Å²) in [6, 6.07) is 14.3. The number of carbonyl (C=O) groups is 1. The number of piperidine rings is 1. The minimum atomic E-state index is 0.110. The molecule has 0 unspecified atom stereocenters. The Morgan fingerprint density at radius 2 is 1.93 bits per heavy atom. The van der Waals surface area contributed by atoms with E-state index in [4.69, 9.17) is 11.6 Å². The van der Waals surface area contributed by atoms with Crippen molar-refractivity contribution in [2.75, 3.05) is 13.1 Å². The number of halogens is 1.